The Morgan fingerprint density at radius 2 is 2.16 bits per heavy atom. The summed E-state index contributed by atoms with van der Waals surface area (Å²) in [6.07, 6.45) is 8.40. The Bertz CT molecular complexity index is 1220. The van der Waals surface area contributed by atoms with Crippen LogP contribution in [0.4, 0.5) is 4.39 Å². The number of benzene rings is 2. The van der Waals surface area contributed by atoms with Crippen LogP contribution in [-0.4, -0.2) is 49.8 Å². The standard InChI is InChI=1S/C29H35FN6OS/c1-4-21-7-5-9-25(19-21)38-36-17-6-8-24(20-36)34-29-33-15-14-26(35-29)28(32-16-18-37-3)27(31-2)22-10-12-23(30)13-11-22/h5,7,9-14,16,18-19,24,32H,2,4,6,8,15,17,20H2,1,3H3,(H2,33,34,35)/b18-16-,28-27-. The Balaban J connectivity index is 1.45. The van der Waals surface area contributed by atoms with Crippen LogP contribution < -0.4 is 16.0 Å². The molecule has 9 heteroatoms. The third-order valence-corrected chi connectivity index (χ3v) is 7.33. The summed E-state index contributed by atoms with van der Waals surface area (Å²) >= 11 is 1.82. The van der Waals surface area contributed by atoms with Gasteiger partial charge in [0.25, 0.3) is 0 Å². The van der Waals surface area contributed by atoms with Crippen LogP contribution in [0.2, 0.25) is 0 Å². The van der Waals surface area contributed by atoms with Crippen molar-refractivity contribution in [3.05, 3.63) is 95.4 Å². The molecule has 1 fully saturated rings. The fraction of sp³-hybridized carbons (Fsp3) is 0.310. The van der Waals surface area contributed by atoms with Crippen LogP contribution in [0.1, 0.15) is 30.9 Å². The van der Waals surface area contributed by atoms with Gasteiger partial charge in [-0.1, -0.05) is 19.1 Å². The topological polar surface area (TPSA) is 73.3 Å². The number of aryl methyl sites for hydroxylation is 1. The zero-order valence-corrected chi connectivity index (χ0v) is 22.7. The molecule has 4 rings (SSSR count). The van der Waals surface area contributed by atoms with Gasteiger partial charge in [-0.15, -0.1) is 0 Å². The molecule has 2 aliphatic heterocycles. The number of hydrogen-bond donors (Lipinski definition) is 3. The van der Waals surface area contributed by atoms with E-state index in [1.165, 1.54) is 28.9 Å². The number of rotatable bonds is 10. The summed E-state index contributed by atoms with van der Waals surface area (Å²) < 4.78 is 21.0. The summed E-state index contributed by atoms with van der Waals surface area (Å²) in [7, 11) is 1.58. The Morgan fingerprint density at radius 1 is 1.32 bits per heavy atom. The second kappa shape index (κ2) is 13.8. The fourth-order valence-electron chi connectivity index (χ4n) is 4.38. The zero-order valence-electron chi connectivity index (χ0n) is 21.9. The minimum Gasteiger partial charge on any atom is -0.503 e. The van der Waals surface area contributed by atoms with Crippen molar-refractivity contribution < 1.29 is 9.13 Å². The maximum atomic E-state index is 13.6. The highest BCUT2D eigenvalue weighted by atomic mass is 32.2. The summed E-state index contributed by atoms with van der Waals surface area (Å²) in [5.41, 5.74) is 4.16. The van der Waals surface area contributed by atoms with Gasteiger partial charge in [0.2, 0.25) is 0 Å². The van der Waals surface area contributed by atoms with Gasteiger partial charge in [-0.05, 0) is 86.0 Å². The SMILES string of the molecule is C=N/C(=C(\N/C=C\OC)C1=CCN=C(NC2CCCN(Sc3cccc(CC)c3)C2)N1)c1ccc(F)cc1. The highest BCUT2D eigenvalue weighted by Crippen LogP contribution is 2.27. The molecular weight excluding hydrogens is 499 g/mol. The molecule has 2 heterocycles. The molecule has 2 aliphatic rings. The molecule has 38 heavy (non-hydrogen) atoms. The summed E-state index contributed by atoms with van der Waals surface area (Å²) in [6, 6.07) is 15.2. The minimum absolute atomic E-state index is 0.263. The van der Waals surface area contributed by atoms with Gasteiger partial charge in [-0.2, -0.15) is 0 Å². The van der Waals surface area contributed by atoms with Crippen molar-refractivity contribution in [2.24, 2.45) is 9.98 Å². The summed E-state index contributed by atoms with van der Waals surface area (Å²) in [5.74, 6) is 0.405. The van der Waals surface area contributed by atoms with Gasteiger partial charge < -0.3 is 20.7 Å². The number of hydrogen-bond acceptors (Lipinski definition) is 8. The van der Waals surface area contributed by atoms with Crippen LogP contribution in [0.25, 0.3) is 5.70 Å². The molecule has 1 unspecified atom stereocenters. The number of methoxy groups -OCH3 is 1. The predicted octanol–water partition coefficient (Wildman–Crippen LogP) is 5.07. The summed E-state index contributed by atoms with van der Waals surface area (Å²) in [6.45, 7) is 8.42. The van der Waals surface area contributed by atoms with Crippen LogP contribution in [0, 0.1) is 5.82 Å². The van der Waals surface area contributed by atoms with E-state index in [1.807, 2.05) is 18.0 Å². The van der Waals surface area contributed by atoms with Crippen LogP contribution in [0.15, 0.2) is 93.3 Å². The number of nitrogens with one attached hydrogen (secondary N) is 3. The van der Waals surface area contributed by atoms with E-state index in [1.54, 1.807) is 25.4 Å². The molecule has 0 amide bonds. The smallest absolute Gasteiger partial charge is 0.196 e. The van der Waals surface area contributed by atoms with Crippen LogP contribution in [0.5, 0.6) is 0 Å². The van der Waals surface area contributed by atoms with Crippen molar-refractivity contribution in [2.45, 2.75) is 37.1 Å². The fourth-order valence-corrected chi connectivity index (χ4v) is 5.50. The molecule has 7 nitrogen and oxygen atoms in total. The van der Waals surface area contributed by atoms with E-state index in [2.05, 4.69) is 68.1 Å². The first-order chi connectivity index (χ1) is 18.6. The minimum atomic E-state index is -0.308. The first kappa shape index (κ1) is 27.5. The lowest BCUT2D eigenvalue weighted by atomic mass is 10.1. The third kappa shape index (κ3) is 7.49. The van der Waals surface area contributed by atoms with E-state index < -0.39 is 0 Å². The first-order valence-electron chi connectivity index (χ1n) is 12.8. The molecule has 0 saturated carbocycles. The average Bonchev–Trinajstić information content (AvgIpc) is 2.94. The number of piperidine rings is 1. The van der Waals surface area contributed by atoms with Gasteiger partial charge in [0.05, 0.1) is 37.0 Å². The molecule has 2 aromatic rings. The van der Waals surface area contributed by atoms with Crippen LogP contribution in [0.3, 0.4) is 0 Å². The lowest BCUT2D eigenvalue weighted by Gasteiger charge is -2.33. The Labute approximate surface area is 228 Å². The molecular formula is C29H35FN6OS. The van der Waals surface area contributed by atoms with Crippen molar-refractivity contribution in [1.29, 1.82) is 0 Å². The monoisotopic (exact) mass is 534 g/mol. The van der Waals surface area contributed by atoms with Gasteiger partial charge in [-0.3, -0.25) is 4.99 Å². The number of aliphatic imine (C=N–C) groups is 2. The molecule has 200 valence electrons. The van der Waals surface area contributed by atoms with E-state index in [0.717, 1.165) is 43.6 Å². The Kier molecular flexibility index (Phi) is 10.0. The molecule has 0 aliphatic carbocycles. The molecule has 0 spiro atoms. The van der Waals surface area contributed by atoms with Crippen LogP contribution >= 0.6 is 11.9 Å². The maximum Gasteiger partial charge on any atom is 0.196 e. The van der Waals surface area contributed by atoms with E-state index in [0.29, 0.717) is 23.9 Å². The van der Waals surface area contributed by atoms with E-state index in [-0.39, 0.29) is 11.9 Å². The largest absolute Gasteiger partial charge is 0.503 e. The zero-order chi connectivity index (χ0) is 26.7. The highest BCUT2D eigenvalue weighted by molar-refractivity contribution is 7.97. The number of nitrogens with zero attached hydrogens (tertiary/aromatic N) is 3. The van der Waals surface area contributed by atoms with E-state index >= 15 is 0 Å². The van der Waals surface area contributed by atoms with Crippen molar-refractivity contribution in [2.75, 3.05) is 26.7 Å². The van der Waals surface area contributed by atoms with Crippen molar-refractivity contribution in [3.8, 4) is 0 Å². The van der Waals surface area contributed by atoms with Gasteiger partial charge in [-0.25, -0.2) is 13.7 Å². The van der Waals surface area contributed by atoms with Gasteiger partial charge in [0.15, 0.2) is 5.96 Å². The molecule has 3 N–H and O–H groups in total. The lowest BCUT2D eigenvalue weighted by Crippen LogP contribution is -2.50. The number of guanidine groups is 1. The molecule has 2 aromatic carbocycles. The first-order valence-corrected chi connectivity index (χ1v) is 13.6. The lowest BCUT2D eigenvalue weighted by molar-refractivity contribution is 0.324. The second-order valence-corrected chi connectivity index (χ2v) is 10.1. The van der Waals surface area contributed by atoms with Gasteiger partial charge in [0, 0.05) is 35.8 Å². The second-order valence-electron chi connectivity index (χ2n) is 8.97. The summed E-state index contributed by atoms with van der Waals surface area (Å²) in [4.78, 5) is 10.2. The van der Waals surface area contributed by atoms with Gasteiger partial charge in [0.1, 0.15) is 5.82 Å². The van der Waals surface area contributed by atoms with Crippen molar-refractivity contribution in [1.82, 2.24) is 20.3 Å². The number of halogens is 1. The normalized spacial score (nSPS) is 18.7. The molecule has 1 atom stereocenters. The molecule has 0 bridgehead atoms. The van der Waals surface area contributed by atoms with Crippen molar-refractivity contribution in [3.63, 3.8) is 0 Å². The quantitative estimate of drug-likeness (QED) is 0.225. The van der Waals surface area contributed by atoms with Crippen molar-refractivity contribution >= 4 is 30.3 Å². The Hall–Kier alpha value is -3.56. The van der Waals surface area contributed by atoms with E-state index in [9.17, 15) is 4.39 Å². The van der Waals surface area contributed by atoms with E-state index in [4.69, 9.17) is 4.74 Å². The average molecular weight is 535 g/mol. The highest BCUT2D eigenvalue weighted by Gasteiger charge is 2.23. The number of ether oxygens (including phenoxy) is 1. The maximum absolute atomic E-state index is 13.6. The van der Waals surface area contributed by atoms with Gasteiger partial charge >= 0.3 is 0 Å². The Morgan fingerprint density at radius 3 is 2.92 bits per heavy atom. The molecule has 0 radical (unpaired) electrons. The molecule has 0 aromatic heterocycles. The predicted molar refractivity (Wildman–Crippen MR) is 155 cm³/mol. The molecule has 1 saturated heterocycles. The summed E-state index contributed by atoms with van der Waals surface area (Å²) in [5, 5.41) is 10.3. The van der Waals surface area contributed by atoms with Crippen LogP contribution in [-0.2, 0) is 11.2 Å². The third-order valence-electron chi connectivity index (χ3n) is 6.28.